The van der Waals surface area contributed by atoms with Crippen LogP contribution in [0.5, 0.6) is 5.75 Å². The van der Waals surface area contributed by atoms with Crippen LogP contribution in [0, 0.1) is 5.82 Å². The van der Waals surface area contributed by atoms with E-state index in [0.717, 1.165) is 6.07 Å². The molecule has 0 saturated carbocycles. The van der Waals surface area contributed by atoms with E-state index < -0.39 is 5.82 Å². The van der Waals surface area contributed by atoms with Crippen LogP contribution in [0.15, 0.2) is 18.2 Å². The van der Waals surface area contributed by atoms with Gasteiger partial charge < -0.3 is 15.3 Å². The van der Waals surface area contributed by atoms with Gasteiger partial charge in [0.25, 0.3) is 5.91 Å². The maximum atomic E-state index is 13.7. The highest BCUT2D eigenvalue weighted by molar-refractivity contribution is 5.95. The maximum Gasteiger partial charge on any atom is 0.257 e. The molecule has 98 valence electrons. The molecule has 4 nitrogen and oxygen atoms in total. The number of carbonyl (C=O) groups is 1. The highest BCUT2D eigenvalue weighted by Gasteiger charge is 2.30. The Morgan fingerprint density at radius 3 is 2.56 bits per heavy atom. The van der Waals surface area contributed by atoms with Crippen molar-refractivity contribution in [3.8, 4) is 5.75 Å². The van der Waals surface area contributed by atoms with E-state index in [1.807, 2.05) is 13.8 Å². The summed E-state index contributed by atoms with van der Waals surface area (Å²) in [7, 11) is 0. The molecule has 1 saturated heterocycles. The number of phenolic OH excluding ortho intramolecular Hbond substituents is 1. The smallest absolute Gasteiger partial charge is 0.257 e. The Bertz CT molecular complexity index is 454. The van der Waals surface area contributed by atoms with Gasteiger partial charge in [0.2, 0.25) is 0 Å². The van der Waals surface area contributed by atoms with Gasteiger partial charge in [0.05, 0.1) is 5.56 Å². The number of hydrogen-bond acceptors (Lipinski definition) is 3. The first-order chi connectivity index (χ1) is 8.50. The van der Waals surface area contributed by atoms with Crippen molar-refractivity contribution >= 4 is 5.91 Å². The molecular formula is C13H17FN2O2. The van der Waals surface area contributed by atoms with Gasteiger partial charge in [-0.05, 0) is 26.0 Å². The first-order valence-electron chi connectivity index (χ1n) is 6.02. The highest BCUT2D eigenvalue weighted by atomic mass is 19.1. The molecule has 1 heterocycles. The molecule has 0 bridgehead atoms. The largest absolute Gasteiger partial charge is 0.508 e. The molecule has 0 spiro atoms. The molecule has 2 rings (SSSR count). The summed E-state index contributed by atoms with van der Waals surface area (Å²) >= 11 is 0. The number of aromatic hydroxyl groups is 1. The van der Waals surface area contributed by atoms with Crippen molar-refractivity contribution in [3.05, 3.63) is 29.6 Å². The van der Waals surface area contributed by atoms with Gasteiger partial charge in [-0.25, -0.2) is 4.39 Å². The van der Waals surface area contributed by atoms with Crippen molar-refractivity contribution in [3.63, 3.8) is 0 Å². The van der Waals surface area contributed by atoms with Gasteiger partial charge in [0.15, 0.2) is 0 Å². The lowest BCUT2D eigenvalue weighted by atomic mass is 10.1. The fraction of sp³-hybridized carbons (Fsp3) is 0.462. The van der Waals surface area contributed by atoms with Crippen LogP contribution >= 0.6 is 0 Å². The first kappa shape index (κ1) is 12.8. The van der Waals surface area contributed by atoms with Crippen molar-refractivity contribution in [2.75, 3.05) is 13.1 Å². The monoisotopic (exact) mass is 252 g/mol. The number of piperazine rings is 1. The van der Waals surface area contributed by atoms with Gasteiger partial charge in [-0.1, -0.05) is 0 Å². The van der Waals surface area contributed by atoms with Gasteiger partial charge in [-0.2, -0.15) is 0 Å². The molecule has 1 aliphatic rings. The lowest BCUT2D eigenvalue weighted by Crippen LogP contribution is -2.57. The van der Waals surface area contributed by atoms with E-state index in [1.165, 1.54) is 12.1 Å². The molecule has 0 aliphatic carbocycles. The average molecular weight is 252 g/mol. The number of nitrogens with zero attached hydrogens (tertiary/aromatic N) is 1. The van der Waals surface area contributed by atoms with Crippen LogP contribution < -0.4 is 5.32 Å². The fourth-order valence-electron chi connectivity index (χ4n) is 2.35. The minimum absolute atomic E-state index is 0.00778. The maximum absolute atomic E-state index is 13.7. The Hall–Kier alpha value is -1.62. The molecule has 2 N–H and O–H groups in total. The number of hydrogen-bond donors (Lipinski definition) is 2. The number of halogens is 1. The summed E-state index contributed by atoms with van der Waals surface area (Å²) in [5.74, 6) is -1.18. The average Bonchev–Trinajstić information content (AvgIpc) is 2.28. The summed E-state index contributed by atoms with van der Waals surface area (Å²) in [6, 6.07) is 3.66. The Balaban J connectivity index is 2.29. The molecule has 1 aromatic carbocycles. The molecule has 2 atom stereocenters. The Kier molecular flexibility index (Phi) is 3.52. The predicted molar refractivity (Wildman–Crippen MR) is 66.0 cm³/mol. The zero-order chi connectivity index (χ0) is 13.3. The fourth-order valence-corrected chi connectivity index (χ4v) is 2.35. The normalized spacial score (nSPS) is 24.1. The minimum Gasteiger partial charge on any atom is -0.508 e. The highest BCUT2D eigenvalue weighted by Crippen LogP contribution is 2.20. The van der Waals surface area contributed by atoms with Crippen LogP contribution in [0.2, 0.25) is 0 Å². The van der Waals surface area contributed by atoms with Crippen LogP contribution in [-0.4, -0.2) is 41.1 Å². The van der Waals surface area contributed by atoms with Gasteiger partial charge >= 0.3 is 0 Å². The second-order valence-electron chi connectivity index (χ2n) is 4.73. The molecule has 5 heteroatoms. The van der Waals surface area contributed by atoms with E-state index in [4.69, 9.17) is 5.11 Å². The summed E-state index contributed by atoms with van der Waals surface area (Å²) in [4.78, 5) is 14.0. The SMILES string of the molecule is CC1CNCC(C)N1C(=O)c1ccc(O)cc1F. The number of carbonyl (C=O) groups excluding carboxylic acids is 1. The molecule has 1 aromatic rings. The molecule has 2 unspecified atom stereocenters. The van der Waals surface area contributed by atoms with Crippen LogP contribution in [0.4, 0.5) is 4.39 Å². The molecular weight excluding hydrogens is 235 g/mol. The lowest BCUT2D eigenvalue weighted by Gasteiger charge is -2.39. The molecule has 1 amide bonds. The third-order valence-corrected chi connectivity index (χ3v) is 3.25. The third-order valence-electron chi connectivity index (χ3n) is 3.25. The van der Waals surface area contributed by atoms with E-state index in [9.17, 15) is 9.18 Å². The number of rotatable bonds is 1. The zero-order valence-corrected chi connectivity index (χ0v) is 10.5. The predicted octanol–water partition coefficient (Wildman–Crippen LogP) is 1.35. The third kappa shape index (κ3) is 2.31. The van der Waals surface area contributed by atoms with Gasteiger partial charge in [-0.3, -0.25) is 4.79 Å². The second-order valence-corrected chi connectivity index (χ2v) is 4.73. The molecule has 1 aliphatic heterocycles. The number of benzene rings is 1. The topological polar surface area (TPSA) is 52.6 Å². The van der Waals surface area contributed by atoms with Crippen molar-refractivity contribution in [2.45, 2.75) is 25.9 Å². The van der Waals surface area contributed by atoms with Crippen LogP contribution in [-0.2, 0) is 0 Å². The van der Waals surface area contributed by atoms with Crippen molar-refractivity contribution in [1.29, 1.82) is 0 Å². The number of amides is 1. The molecule has 1 fully saturated rings. The summed E-state index contributed by atoms with van der Waals surface area (Å²) in [6.07, 6.45) is 0. The van der Waals surface area contributed by atoms with E-state index in [2.05, 4.69) is 5.32 Å². The minimum atomic E-state index is -0.682. The quantitative estimate of drug-likeness (QED) is 0.793. The van der Waals surface area contributed by atoms with Crippen molar-refractivity contribution < 1.29 is 14.3 Å². The number of nitrogens with one attached hydrogen (secondary N) is 1. The Morgan fingerprint density at radius 2 is 2.00 bits per heavy atom. The zero-order valence-electron chi connectivity index (χ0n) is 10.5. The first-order valence-corrected chi connectivity index (χ1v) is 6.02. The van der Waals surface area contributed by atoms with Crippen LogP contribution in [0.25, 0.3) is 0 Å². The molecule has 0 aromatic heterocycles. The summed E-state index contributed by atoms with van der Waals surface area (Å²) < 4.78 is 13.7. The summed E-state index contributed by atoms with van der Waals surface area (Å²) in [6.45, 7) is 5.27. The van der Waals surface area contributed by atoms with Gasteiger partial charge in [0, 0.05) is 31.2 Å². The number of phenols is 1. The second kappa shape index (κ2) is 4.94. The van der Waals surface area contributed by atoms with Crippen LogP contribution in [0.1, 0.15) is 24.2 Å². The molecule has 0 radical (unpaired) electrons. The van der Waals surface area contributed by atoms with Crippen molar-refractivity contribution in [1.82, 2.24) is 10.2 Å². The van der Waals surface area contributed by atoms with Gasteiger partial charge in [0.1, 0.15) is 11.6 Å². The van der Waals surface area contributed by atoms with Gasteiger partial charge in [-0.15, -0.1) is 0 Å². The lowest BCUT2D eigenvalue weighted by molar-refractivity contribution is 0.0539. The standard InChI is InChI=1S/C13H17FN2O2/c1-8-6-15-7-9(2)16(8)13(18)11-4-3-10(17)5-12(11)14/h3-5,8-9,15,17H,6-7H2,1-2H3. The van der Waals surface area contributed by atoms with E-state index in [-0.39, 0.29) is 29.3 Å². The van der Waals surface area contributed by atoms with Crippen LogP contribution in [0.3, 0.4) is 0 Å². The van der Waals surface area contributed by atoms with E-state index in [1.54, 1.807) is 4.90 Å². The van der Waals surface area contributed by atoms with E-state index in [0.29, 0.717) is 13.1 Å². The van der Waals surface area contributed by atoms with Crippen molar-refractivity contribution in [2.24, 2.45) is 0 Å². The summed E-state index contributed by atoms with van der Waals surface area (Å²) in [5.41, 5.74) is 0.00778. The van der Waals surface area contributed by atoms with E-state index >= 15 is 0 Å². The Morgan fingerprint density at radius 1 is 1.39 bits per heavy atom. The Labute approximate surface area is 105 Å². The molecule has 18 heavy (non-hydrogen) atoms. The summed E-state index contributed by atoms with van der Waals surface area (Å²) in [5, 5.41) is 12.4.